The van der Waals surface area contributed by atoms with E-state index >= 15 is 0 Å². The Hall–Kier alpha value is -2.58. The Morgan fingerprint density at radius 2 is 1.52 bits per heavy atom. The maximum Gasteiger partial charge on any atom is 0.259 e. The molecule has 23 heavy (non-hydrogen) atoms. The first-order valence-corrected chi connectivity index (χ1v) is 7.86. The monoisotopic (exact) mass is 319 g/mol. The van der Waals surface area contributed by atoms with E-state index in [2.05, 4.69) is 0 Å². The van der Waals surface area contributed by atoms with Gasteiger partial charge < -0.3 is 4.57 Å². The molecule has 3 heteroatoms. The molecule has 0 aliphatic carbocycles. The van der Waals surface area contributed by atoms with Crippen molar-refractivity contribution in [1.82, 2.24) is 4.57 Å². The lowest BCUT2D eigenvalue weighted by atomic mass is 10.1. The highest BCUT2D eigenvalue weighted by Crippen LogP contribution is 2.25. The summed E-state index contributed by atoms with van der Waals surface area (Å²) < 4.78 is 1.83. The maximum atomic E-state index is 13.0. The quantitative estimate of drug-likeness (QED) is 0.484. The van der Waals surface area contributed by atoms with Crippen molar-refractivity contribution >= 4 is 33.3 Å². The summed E-state index contributed by atoms with van der Waals surface area (Å²) in [5, 5.41) is 3.29. The summed E-state index contributed by atoms with van der Waals surface area (Å²) in [4.78, 5) is 13.0. The molecule has 1 heterocycles. The van der Waals surface area contributed by atoms with Gasteiger partial charge in [-0.1, -0.05) is 60.1 Å². The Bertz CT molecular complexity index is 1070. The Balaban J connectivity index is 2.08. The number of hydrogen-bond donors (Lipinski definition) is 0. The number of halogens is 1. The third-order valence-electron chi connectivity index (χ3n) is 4.13. The van der Waals surface area contributed by atoms with Crippen LogP contribution < -0.4 is 5.56 Å². The van der Waals surface area contributed by atoms with Crippen molar-refractivity contribution in [3.05, 3.63) is 93.7 Å². The van der Waals surface area contributed by atoms with E-state index in [4.69, 9.17) is 11.6 Å². The van der Waals surface area contributed by atoms with Crippen molar-refractivity contribution in [1.29, 1.82) is 0 Å². The summed E-state index contributed by atoms with van der Waals surface area (Å²) in [7, 11) is 0. The fraction of sp³-hybridized carbons (Fsp3) is 0.0500. The second-order valence-corrected chi connectivity index (χ2v) is 6.02. The van der Waals surface area contributed by atoms with Crippen molar-refractivity contribution in [2.45, 2.75) is 6.54 Å². The van der Waals surface area contributed by atoms with E-state index in [1.54, 1.807) is 6.07 Å². The summed E-state index contributed by atoms with van der Waals surface area (Å²) in [6.07, 6.45) is 0. The third kappa shape index (κ3) is 2.41. The Morgan fingerprint density at radius 3 is 2.35 bits per heavy atom. The molecule has 4 aromatic rings. The van der Waals surface area contributed by atoms with E-state index in [1.807, 2.05) is 71.3 Å². The molecule has 4 rings (SSSR count). The fourth-order valence-corrected chi connectivity index (χ4v) is 3.21. The van der Waals surface area contributed by atoms with Gasteiger partial charge >= 0.3 is 0 Å². The largest absolute Gasteiger partial charge is 0.303 e. The standard InChI is InChI=1S/C20H14ClNO/c21-15-10-11-17-18(12-15)16-8-4-5-9-19(16)22(20(17)23)13-14-6-2-1-3-7-14/h1-12H,13H2. The van der Waals surface area contributed by atoms with E-state index in [1.165, 1.54) is 0 Å². The molecule has 0 fully saturated rings. The van der Waals surface area contributed by atoms with Gasteiger partial charge in [-0.3, -0.25) is 4.79 Å². The summed E-state index contributed by atoms with van der Waals surface area (Å²) in [6.45, 7) is 0.554. The third-order valence-corrected chi connectivity index (χ3v) is 4.36. The zero-order valence-electron chi connectivity index (χ0n) is 12.4. The molecule has 0 aliphatic heterocycles. The minimum atomic E-state index is 0.0132. The molecule has 0 bridgehead atoms. The normalized spacial score (nSPS) is 11.2. The lowest BCUT2D eigenvalue weighted by Crippen LogP contribution is -2.21. The molecule has 0 saturated heterocycles. The van der Waals surface area contributed by atoms with Gasteiger partial charge in [0.05, 0.1) is 12.1 Å². The van der Waals surface area contributed by atoms with E-state index in [0.29, 0.717) is 17.0 Å². The maximum absolute atomic E-state index is 13.0. The number of rotatable bonds is 2. The van der Waals surface area contributed by atoms with Crippen molar-refractivity contribution in [2.75, 3.05) is 0 Å². The number of hydrogen-bond acceptors (Lipinski definition) is 1. The van der Waals surface area contributed by atoms with Crippen LogP contribution in [0.25, 0.3) is 21.7 Å². The molecular formula is C20H14ClNO. The fourth-order valence-electron chi connectivity index (χ4n) is 3.04. The zero-order chi connectivity index (χ0) is 15.8. The van der Waals surface area contributed by atoms with Crippen LogP contribution in [0.5, 0.6) is 0 Å². The van der Waals surface area contributed by atoms with Gasteiger partial charge in [-0.05, 0) is 35.2 Å². The van der Waals surface area contributed by atoms with Crippen molar-refractivity contribution < 1.29 is 0 Å². The number of pyridine rings is 1. The van der Waals surface area contributed by atoms with E-state index < -0.39 is 0 Å². The van der Waals surface area contributed by atoms with Crippen LogP contribution in [0.3, 0.4) is 0 Å². The smallest absolute Gasteiger partial charge is 0.259 e. The average Bonchev–Trinajstić information content (AvgIpc) is 2.59. The molecule has 0 aliphatic rings. The minimum Gasteiger partial charge on any atom is -0.303 e. The van der Waals surface area contributed by atoms with Gasteiger partial charge in [0.25, 0.3) is 5.56 Å². The predicted molar refractivity (Wildman–Crippen MR) is 96.3 cm³/mol. The van der Waals surface area contributed by atoms with Gasteiger partial charge in [-0.15, -0.1) is 0 Å². The molecule has 0 saturated carbocycles. The second kappa shape index (κ2) is 5.56. The number of aromatic nitrogens is 1. The highest BCUT2D eigenvalue weighted by Gasteiger charge is 2.11. The minimum absolute atomic E-state index is 0.0132. The average molecular weight is 320 g/mol. The van der Waals surface area contributed by atoms with Crippen molar-refractivity contribution in [3.63, 3.8) is 0 Å². The lowest BCUT2D eigenvalue weighted by molar-refractivity contribution is 0.802. The topological polar surface area (TPSA) is 22.0 Å². The molecule has 2 nitrogen and oxygen atoms in total. The van der Waals surface area contributed by atoms with Crippen LogP contribution in [0.4, 0.5) is 0 Å². The lowest BCUT2D eigenvalue weighted by Gasteiger charge is -2.13. The summed E-state index contributed by atoms with van der Waals surface area (Å²) >= 11 is 6.13. The van der Waals surface area contributed by atoms with Gasteiger partial charge in [0.15, 0.2) is 0 Å². The van der Waals surface area contributed by atoms with Crippen LogP contribution in [0.2, 0.25) is 5.02 Å². The van der Waals surface area contributed by atoms with Gasteiger partial charge in [0.2, 0.25) is 0 Å². The molecule has 3 aromatic carbocycles. The highest BCUT2D eigenvalue weighted by molar-refractivity contribution is 6.31. The first-order chi connectivity index (χ1) is 11.2. The Kier molecular flexibility index (Phi) is 3.40. The van der Waals surface area contributed by atoms with Gasteiger partial charge in [-0.25, -0.2) is 0 Å². The summed E-state index contributed by atoms with van der Waals surface area (Å²) in [5.74, 6) is 0. The van der Waals surface area contributed by atoms with E-state index in [-0.39, 0.29) is 5.56 Å². The van der Waals surface area contributed by atoms with Crippen LogP contribution in [-0.4, -0.2) is 4.57 Å². The van der Waals surface area contributed by atoms with Gasteiger partial charge in [0, 0.05) is 15.8 Å². The molecule has 0 unspecified atom stereocenters. The number of para-hydroxylation sites is 1. The molecule has 0 spiro atoms. The predicted octanol–water partition coefficient (Wildman–Crippen LogP) is 4.86. The van der Waals surface area contributed by atoms with Crippen molar-refractivity contribution in [3.8, 4) is 0 Å². The molecular weight excluding hydrogens is 306 g/mol. The van der Waals surface area contributed by atoms with Crippen LogP contribution in [0.1, 0.15) is 5.56 Å². The van der Waals surface area contributed by atoms with Crippen molar-refractivity contribution in [2.24, 2.45) is 0 Å². The van der Waals surface area contributed by atoms with Gasteiger partial charge in [0.1, 0.15) is 0 Å². The Labute approximate surface area is 138 Å². The van der Waals surface area contributed by atoms with Crippen LogP contribution in [0.15, 0.2) is 77.6 Å². The zero-order valence-corrected chi connectivity index (χ0v) is 13.1. The van der Waals surface area contributed by atoms with E-state index in [9.17, 15) is 4.79 Å². The molecule has 112 valence electrons. The molecule has 1 aromatic heterocycles. The first kappa shape index (κ1) is 14.0. The van der Waals surface area contributed by atoms with Crippen LogP contribution in [0, 0.1) is 0 Å². The molecule has 0 atom stereocenters. The van der Waals surface area contributed by atoms with Gasteiger partial charge in [-0.2, -0.15) is 0 Å². The number of nitrogens with zero attached hydrogens (tertiary/aromatic N) is 1. The molecule has 0 N–H and O–H groups in total. The first-order valence-electron chi connectivity index (χ1n) is 7.49. The summed E-state index contributed by atoms with van der Waals surface area (Å²) in [5.41, 5.74) is 2.04. The van der Waals surface area contributed by atoms with Crippen LogP contribution >= 0.6 is 11.6 Å². The highest BCUT2D eigenvalue weighted by atomic mass is 35.5. The SMILES string of the molecule is O=c1c2ccc(Cl)cc2c2ccccc2n1Cc1ccccc1. The summed E-state index contributed by atoms with van der Waals surface area (Å²) in [6, 6.07) is 23.4. The Morgan fingerprint density at radius 1 is 0.783 bits per heavy atom. The van der Waals surface area contributed by atoms with E-state index in [0.717, 1.165) is 21.9 Å². The molecule has 0 radical (unpaired) electrons. The number of fused-ring (bicyclic) bond motifs is 3. The molecule has 0 amide bonds. The van der Waals surface area contributed by atoms with Crippen LogP contribution in [-0.2, 0) is 6.54 Å². The number of benzene rings is 3. The second-order valence-electron chi connectivity index (χ2n) is 5.58.